The van der Waals surface area contributed by atoms with Crippen LogP contribution in [0.1, 0.15) is 37.3 Å². The Kier molecular flexibility index (Phi) is 9.14. The molecule has 1 amide bonds. The van der Waals surface area contributed by atoms with E-state index in [2.05, 4.69) is 5.32 Å². The van der Waals surface area contributed by atoms with Crippen molar-refractivity contribution in [1.29, 1.82) is 0 Å². The second-order valence-corrected chi connectivity index (χ2v) is 6.19. The summed E-state index contributed by atoms with van der Waals surface area (Å²) in [6.45, 7) is 0.114. The molecule has 1 aromatic carbocycles. The number of nitrogens with zero attached hydrogens (tertiary/aromatic N) is 1. The molecule has 1 aliphatic carbocycles. The van der Waals surface area contributed by atoms with Crippen molar-refractivity contribution >= 4 is 30.7 Å². The number of hydrogen-bond acceptors (Lipinski definition) is 3. The monoisotopic (exact) mass is 383 g/mol. The number of carbonyl (C=O) groups excluding carboxylic acids is 1. The van der Waals surface area contributed by atoms with Gasteiger partial charge in [0.2, 0.25) is 5.91 Å². The maximum atomic E-state index is 14.0. The highest BCUT2D eigenvalue weighted by molar-refractivity contribution is 5.86. The van der Waals surface area contributed by atoms with Gasteiger partial charge in [-0.3, -0.25) is 4.79 Å². The fourth-order valence-electron chi connectivity index (χ4n) is 2.97. The molecule has 24 heavy (non-hydrogen) atoms. The number of amides is 1. The Labute approximate surface area is 154 Å². The summed E-state index contributed by atoms with van der Waals surface area (Å²) in [4.78, 5) is 13.9. The highest BCUT2D eigenvalue weighted by atomic mass is 35.5. The molecule has 0 spiro atoms. The summed E-state index contributed by atoms with van der Waals surface area (Å²) in [6.07, 6.45) is 3.17. The van der Waals surface area contributed by atoms with Gasteiger partial charge in [0.15, 0.2) is 0 Å². The van der Waals surface area contributed by atoms with E-state index in [4.69, 9.17) is 5.73 Å². The Hall–Kier alpha value is -0.950. The fourth-order valence-corrected chi connectivity index (χ4v) is 2.97. The highest BCUT2D eigenvalue weighted by Gasteiger charge is 2.37. The predicted octanol–water partition coefficient (Wildman–Crippen LogP) is 2.80. The number of rotatable bonds is 5. The molecule has 0 bridgehead atoms. The number of nitrogens with two attached hydrogens (primary N) is 1. The average molecular weight is 384 g/mol. The van der Waals surface area contributed by atoms with Crippen LogP contribution in [-0.4, -0.2) is 37.0 Å². The summed E-state index contributed by atoms with van der Waals surface area (Å²) in [5.41, 5.74) is 5.21. The molecule has 0 aromatic heterocycles. The summed E-state index contributed by atoms with van der Waals surface area (Å²) < 4.78 is 27.9. The quantitative estimate of drug-likeness (QED) is 0.821. The van der Waals surface area contributed by atoms with Crippen LogP contribution in [0.3, 0.4) is 0 Å². The minimum absolute atomic E-state index is 0. The van der Waals surface area contributed by atoms with E-state index in [0.29, 0.717) is 12.8 Å². The van der Waals surface area contributed by atoms with E-state index in [0.717, 1.165) is 12.8 Å². The lowest BCUT2D eigenvalue weighted by Gasteiger charge is -2.28. The van der Waals surface area contributed by atoms with Crippen LogP contribution in [0, 0.1) is 11.6 Å². The molecule has 1 unspecified atom stereocenters. The summed E-state index contributed by atoms with van der Waals surface area (Å²) in [6, 6.07) is 3.18. The molecule has 138 valence electrons. The molecule has 4 nitrogen and oxygen atoms in total. The van der Waals surface area contributed by atoms with Crippen molar-refractivity contribution in [1.82, 2.24) is 10.2 Å². The third-order valence-electron chi connectivity index (χ3n) is 4.36. The van der Waals surface area contributed by atoms with Gasteiger partial charge < -0.3 is 16.0 Å². The summed E-state index contributed by atoms with van der Waals surface area (Å²) in [5.74, 6) is -1.47. The standard InChI is InChI=1S/C16H23F2N3O.2ClH/c1-21(2)13(14-11(17)6-5-7-12(14)18)10-20-15(22)16(19)8-3-4-9-16;;/h5-7,13H,3-4,8-10,19H2,1-2H3,(H,20,22);2*1H. The van der Waals surface area contributed by atoms with Crippen molar-refractivity contribution < 1.29 is 13.6 Å². The van der Waals surface area contributed by atoms with Crippen molar-refractivity contribution in [3.05, 3.63) is 35.4 Å². The first-order chi connectivity index (χ1) is 10.3. The van der Waals surface area contributed by atoms with Crippen LogP contribution in [-0.2, 0) is 4.79 Å². The third-order valence-corrected chi connectivity index (χ3v) is 4.36. The molecule has 0 saturated heterocycles. The smallest absolute Gasteiger partial charge is 0.240 e. The van der Waals surface area contributed by atoms with Gasteiger partial charge in [-0.1, -0.05) is 18.9 Å². The minimum Gasteiger partial charge on any atom is -0.353 e. The van der Waals surface area contributed by atoms with Gasteiger partial charge in [-0.2, -0.15) is 0 Å². The van der Waals surface area contributed by atoms with Crippen LogP contribution in [0.2, 0.25) is 0 Å². The predicted molar refractivity (Wildman–Crippen MR) is 95.7 cm³/mol. The molecule has 1 saturated carbocycles. The average Bonchev–Trinajstić information content (AvgIpc) is 2.89. The van der Waals surface area contributed by atoms with Crippen LogP contribution < -0.4 is 11.1 Å². The fraction of sp³-hybridized carbons (Fsp3) is 0.562. The molecule has 0 radical (unpaired) electrons. The van der Waals surface area contributed by atoms with Crippen LogP contribution in [0.25, 0.3) is 0 Å². The van der Waals surface area contributed by atoms with Gasteiger partial charge >= 0.3 is 0 Å². The zero-order chi connectivity index (χ0) is 16.3. The van der Waals surface area contributed by atoms with Gasteiger partial charge in [0.25, 0.3) is 0 Å². The lowest BCUT2D eigenvalue weighted by atomic mass is 9.97. The van der Waals surface area contributed by atoms with E-state index in [1.54, 1.807) is 19.0 Å². The van der Waals surface area contributed by atoms with E-state index < -0.39 is 23.2 Å². The highest BCUT2D eigenvalue weighted by Crippen LogP contribution is 2.28. The minimum atomic E-state index is -0.843. The number of likely N-dealkylation sites (N-methyl/N-ethyl adjacent to an activating group) is 1. The van der Waals surface area contributed by atoms with Crippen molar-refractivity contribution in [3.8, 4) is 0 Å². The number of carbonyl (C=O) groups is 1. The molecule has 1 fully saturated rings. The number of hydrogen-bond donors (Lipinski definition) is 2. The van der Waals surface area contributed by atoms with Crippen molar-refractivity contribution in [3.63, 3.8) is 0 Å². The lowest BCUT2D eigenvalue weighted by Crippen LogP contribution is -2.53. The van der Waals surface area contributed by atoms with Crippen LogP contribution >= 0.6 is 24.8 Å². The first kappa shape index (κ1) is 23.1. The van der Waals surface area contributed by atoms with Crippen molar-refractivity contribution in [2.45, 2.75) is 37.3 Å². The SMILES string of the molecule is CN(C)C(CNC(=O)C1(N)CCCC1)c1c(F)cccc1F.Cl.Cl. The van der Waals surface area contributed by atoms with E-state index in [9.17, 15) is 13.6 Å². The largest absolute Gasteiger partial charge is 0.353 e. The van der Waals surface area contributed by atoms with Gasteiger partial charge in [0.05, 0.1) is 11.6 Å². The molecule has 0 aliphatic heterocycles. The molecule has 8 heteroatoms. The van der Waals surface area contributed by atoms with E-state index in [-0.39, 0.29) is 42.8 Å². The molecule has 1 aliphatic rings. The van der Waals surface area contributed by atoms with Gasteiger partial charge in [-0.05, 0) is 39.1 Å². The Bertz CT molecular complexity index is 532. The zero-order valence-corrected chi connectivity index (χ0v) is 15.5. The molecular formula is C16H25Cl2F2N3O. The summed E-state index contributed by atoms with van der Waals surface area (Å²) in [7, 11) is 3.44. The normalized spacial score (nSPS) is 16.9. The first-order valence-electron chi connectivity index (χ1n) is 7.52. The van der Waals surface area contributed by atoms with Crippen molar-refractivity contribution in [2.24, 2.45) is 5.73 Å². The number of halogens is 4. The molecule has 1 atom stereocenters. The van der Waals surface area contributed by atoms with Crippen LogP contribution in [0.15, 0.2) is 18.2 Å². The van der Waals surface area contributed by atoms with E-state index in [1.807, 2.05) is 0 Å². The number of nitrogens with one attached hydrogen (secondary N) is 1. The first-order valence-corrected chi connectivity index (χ1v) is 7.52. The molecule has 0 heterocycles. The second kappa shape index (κ2) is 9.51. The zero-order valence-electron chi connectivity index (χ0n) is 13.9. The van der Waals surface area contributed by atoms with E-state index in [1.165, 1.54) is 18.2 Å². The Morgan fingerprint density at radius 3 is 2.21 bits per heavy atom. The Balaban J connectivity index is 0.00000264. The maximum Gasteiger partial charge on any atom is 0.240 e. The van der Waals surface area contributed by atoms with Crippen LogP contribution in [0.4, 0.5) is 8.78 Å². The summed E-state index contributed by atoms with van der Waals surface area (Å²) in [5, 5.41) is 2.76. The third kappa shape index (κ3) is 5.02. The molecule has 3 N–H and O–H groups in total. The maximum absolute atomic E-state index is 14.0. The van der Waals surface area contributed by atoms with Gasteiger partial charge in [-0.25, -0.2) is 8.78 Å². The molecule has 2 rings (SSSR count). The van der Waals surface area contributed by atoms with E-state index >= 15 is 0 Å². The Morgan fingerprint density at radius 2 is 1.75 bits per heavy atom. The van der Waals surface area contributed by atoms with Crippen molar-refractivity contribution in [2.75, 3.05) is 20.6 Å². The topological polar surface area (TPSA) is 58.4 Å². The number of benzene rings is 1. The Morgan fingerprint density at radius 1 is 1.25 bits per heavy atom. The second-order valence-electron chi connectivity index (χ2n) is 6.19. The van der Waals surface area contributed by atoms with Gasteiger partial charge in [-0.15, -0.1) is 24.8 Å². The molecule has 1 aromatic rings. The van der Waals surface area contributed by atoms with Crippen LogP contribution in [0.5, 0.6) is 0 Å². The molecular weight excluding hydrogens is 359 g/mol. The lowest BCUT2D eigenvalue weighted by molar-refractivity contribution is -0.126. The van der Waals surface area contributed by atoms with Gasteiger partial charge in [0.1, 0.15) is 11.6 Å². The summed E-state index contributed by atoms with van der Waals surface area (Å²) >= 11 is 0. The van der Waals surface area contributed by atoms with Gasteiger partial charge in [0, 0.05) is 12.1 Å².